The van der Waals surface area contributed by atoms with E-state index in [2.05, 4.69) is 51.5 Å². The molecular weight excluding hydrogens is 803 g/mol. The summed E-state index contributed by atoms with van der Waals surface area (Å²) in [5, 5.41) is 15.5. The van der Waals surface area contributed by atoms with Crippen LogP contribution in [0.4, 0.5) is 4.79 Å². The van der Waals surface area contributed by atoms with Crippen molar-refractivity contribution in [2.24, 2.45) is 11.3 Å². The summed E-state index contributed by atoms with van der Waals surface area (Å²) in [5.74, 6) is 0.846. The van der Waals surface area contributed by atoms with E-state index in [0.29, 0.717) is 63.7 Å². The van der Waals surface area contributed by atoms with E-state index in [1.54, 1.807) is 0 Å². The number of pyridine rings is 1. The number of hydrogen-bond acceptors (Lipinski definition) is 6. The van der Waals surface area contributed by atoms with Gasteiger partial charge in [0.1, 0.15) is 18.3 Å². The van der Waals surface area contributed by atoms with Crippen LogP contribution in [-0.4, -0.2) is 75.0 Å². The second-order valence-electron chi connectivity index (χ2n) is 17.6. The Labute approximate surface area is 348 Å². The lowest BCUT2D eigenvalue weighted by Gasteiger charge is -2.31. The fourth-order valence-corrected chi connectivity index (χ4v) is 9.41. The van der Waals surface area contributed by atoms with Gasteiger partial charge in [0.25, 0.3) is 5.56 Å². The van der Waals surface area contributed by atoms with Crippen LogP contribution in [0.2, 0.25) is 25.7 Å². The van der Waals surface area contributed by atoms with Crippen molar-refractivity contribution in [3.8, 4) is 11.3 Å². The van der Waals surface area contributed by atoms with Crippen molar-refractivity contribution in [3.63, 3.8) is 0 Å². The third-order valence-electron chi connectivity index (χ3n) is 12.2. The van der Waals surface area contributed by atoms with Crippen LogP contribution in [0.3, 0.4) is 0 Å². The maximum absolute atomic E-state index is 14.0. The first kappa shape index (κ1) is 44.8. The molecule has 1 spiro atoms. The molecule has 2 unspecified atom stereocenters. The highest BCUT2D eigenvalue weighted by molar-refractivity contribution is 9.09. The van der Waals surface area contributed by atoms with Crippen LogP contribution in [0, 0.1) is 11.3 Å². The summed E-state index contributed by atoms with van der Waals surface area (Å²) in [6.07, 6.45) is 16.3. The van der Waals surface area contributed by atoms with Gasteiger partial charge in [-0.2, -0.15) is 0 Å². The zero-order chi connectivity index (χ0) is 41.0. The molecule has 0 radical (unpaired) electrons. The molecule has 3 heterocycles. The van der Waals surface area contributed by atoms with Crippen LogP contribution in [-0.2, 0) is 27.6 Å². The smallest absolute Gasteiger partial charge is 0.407 e. The molecule has 2 atom stereocenters. The molecule has 11 nitrogen and oxygen atoms in total. The molecule has 2 amide bonds. The number of rotatable bonds is 24. The van der Waals surface area contributed by atoms with Gasteiger partial charge in [-0.1, -0.05) is 87.1 Å². The standard InChI is InChI=1S/C44H66BrN5O6Si/c1-5-35(51)15-11-10-12-16-38(47-41(52)37-30-44(37)20-25-49(26-21-44)43(54)55)40-46-31-39(50(40)32-56-27-28-57(2,3)4)34-17-18-36-33(29-34)19-24-48(42(36)53)23-14-9-7-6-8-13-22-45/h17-19,24,29,31,37-38H,5-16,20-23,25-28,30,32H2,1-4H3,(H,47,52)(H,54,55). The minimum atomic E-state index is -1.34. The van der Waals surface area contributed by atoms with Gasteiger partial charge < -0.3 is 29.2 Å². The quantitative estimate of drug-likeness (QED) is 0.0520. The Balaban J connectivity index is 1.38. The maximum Gasteiger partial charge on any atom is 0.407 e. The summed E-state index contributed by atoms with van der Waals surface area (Å²) in [7, 11) is -1.34. The molecule has 13 heteroatoms. The Kier molecular flexibility index (Phi) is 16.6. The molecule has 2 aromatic heterocycles. The van der Waals surface area contributed by atoms with Crippen molar-refractivity contribution in [1.82, 2.24) is 24.3 Å². The van der Waals surface area contributed by atoms with Crippen molar-refractivity contribution in [2.45, 2.75) is 148 Å². The number of carboxylic acid groups (broad SMARTS) is 1. The fourth-order valence-electron chi connectivity index (χ4n) is 8.25. The maximum atomic E-state index is 14.0. The molecule has 1 aromatic carbocycles. The Morgan fingerprint density at radius 2 is 1.74 bits per heavy atom. The Hall–Kier alpha value is -3.29. The zero-order valence-corrected chi connectivity index (χ0v) is 37.4. The number of likely N-dealkylation sites (tertiary alicyclic amines) is 1. The summed E-state index contributed by atoms with van der Waals surface area (Å²) in [5.41, 5.74) is 1.67. The third kappa shape index (κ3) is 12.6. The number of Topliss-reactive ketones (excluding diaryl/α,β-unsaturated/α-hetero) is 1. The number of carbonyl (C=O) groups excluding carboxylic acids is 2. The highest BCUT2D eigenvalue weighted by Gasteiger charge is 2.59. The van der Waals surface area contributed by atoms with E-state index in [0.717, 1.165) is 72.4 Å². The van der Waals surface area contributed by atoms with Gasteiger partial charge in [-0.15, -0.1) is 0 Å². The summed E-state index contributed by atoms with van der Waals surface area (Å²) in [6.45, 7) is 11.4. The number of amides is 2. The van der Waals surface area contributed by atoms with Crippen molar-refractivity contribution in [2.75, 3.05) is 25.0 Å². The van der Waals surface area contributed by atoms with Gasteiger partial charge in [-0.25, -0.2) is 9.78 Å². The van der Waals surface area contributed by atoms with Crippen LogP contribution < -0.4 is 10.9 Å². The van der Waals surface area contributed by atoms with Crippen LogP contribution in [0.25, 0.3) is 22.0 Å². The number of hydrogen-bond donors (Lipinski definition) is 2. The number of carbonyl (C=O) groups is 3. The van der Waals surface area contributed by atoms with Crippen molar-refractivity contribution >= 4 is 52.6 Å². The van der Waals surface area contributed by atoms with E-state index >= 15 is 0 Å². The van der Waals surface area contributed by atoms with Gasteiger partial charge in [-0.3, -0.25) is 14.4 Å². The zero-order valence-electron chi connectivity index (χ0n) is 34.8. The molecule has 314 valence electrons. The van der Waals surface area contributed by atoms with Gasteiger partial charge in [0.15, 0.2) is 0 Å². The lowest BCUT2D eigenvalue weighted by molar-refractivity contribution is -0.124. The van der Waals surface area contributed by atoms with Gasteiger partial charge in [0, 0.05) is 75.6 Å². The molecule has 0 bridgehead atoms. The fraction of sp³-hybridized carbons (Fsp3) is 0.659. The molecule has 2 N–H and O–H groups in total. The van der Waals surface area contributed by atoms with Gasteiger partial charge in [0.05, 0.1) is 17.9 Å². The van der Waals surface area contributed by atoms with Crippen LogP contribution in [0.5, 0.6) is 0 Å². The van der Waals surface area contributed by atoms with E-state index in [1.165, 1.54) is 30.6 Å². The number of benzene rings is 1. The largest absolute Gasteiger partial charge is 0.465 e. The minimum Gasteiger partial charge on any atom is -0.465 e. The molecular formula is C44H66BrN5O6Si. The number of halogens is 1. The molecule has 1 saturated heterocycles. The van der Waals surface area contributed by atoms with Crippen LogP contribution >= 0.6 is 15.9 Å². The Morgan fingerprint density at radius 3 is 2.44 bits per heavy atom. The van der Waals surface area contributed by atoms with E-state index in [4.69, 9.17) is 9.72 Å². The molecule has 1 aliphatic carbocycles. The lowest BCUT2D eigenvalue weighted by Crippen LogP contribution is -2.40. The number of aromatic nitrogens is 3. The molecule has 2 fully saturated rings. The van der Waals surface area contributed by atoms with Crippen LogP contribution in [0.1, 0.15) is 115 Å². The van der Waals surface area contributed by atoms with E-state index < -0.39 is 14.2 Å². The molecule has 1 aliphatic heterocycles. The number of alkyl halides is 1. The molecule has 3 aromatic rings. The average Bonchev–Trinajstić information content (AvgIpc) is 3.72. The number of ether oxygens (including phenoxy) is 1. The number of unbranched alkanes of at least 4 members (excludes halogenated alkanes) is 7. The topological polar surface area (TPSA) is 136 Å². The van der Waals surface area contributed by atoms with Gasteiger partial charge in [0.2, 0.25) is 5.91 Å². The average molecular weight is 869 g/mol. The summed E-state index contributed by atoms with van der Waals surface area (Å²) in [4.78, 5) is 57.6. The predicted molar refractivity (Wildman–Crippen MR) is 234 cm³/mol. The number of imidazole rings is 1. The first-order valence-electron chi connectivity index (χ1n) is 21.5. The summed E-state index contributed by atoms with van der Waals surface area (Å²) >= 11 is 3.50. The molecule has 57 heavy (non-hydrogen) atoms. The van der Waals surface area contributed by atoms with Gasteiger partial charge in [-0.05, 0) is 80.0 Å². The van der Waals surface area contributed by atoms with Gasteiger partial charge >= 0.3 is 6.09 Å². The van der Waals surface area contributed by atoms with E-state index in [1.807, 2.05) is 42.1 Å². The monoisotopic (exact) mass is 867 g/mol. The van der Waals surface area contributed by atoms with E-state index in [-0.39, 0.29) is 41.4 Å². The molecule has 5 rings (SSSR count). The lowest BCUT2D eigenvalue weighted by atomic mass is 9.90. The number of aryl methyl sites for hydroxylation is 1. The predicted octanol–water partition coefficient (Wildman–Crippen LogP) is 9.78. The highest BCUT2D eigenvalue weighted by Crippen LogP contribution is 2.59. The Bertz CT molecular complexity index is 1860. The number of nitrogens with zero attached hydrogens (tertiary/aromatic N) is 4. The first-order chi connectivity index (χ1) is 27.4. The second-order valence-corrected chi connectivity index (χ2v) is 24.1. The summed E-state index contributed by atoms with van der Waals surface area (Å²) in [6, 6.07) is 8.65. The normalized spacial score (nSPS) is 16.9. The number of ketones is 1. The molecule has 2 aliphatic rings. The SMILES string of the molecule is CCC(=O)CCCCCC(NC(=O)C1CC12CCN(C(=O)O)CC2)c1ncc(-c2ccc3c(=O)n(CCCCCCCCBr)ccc3c2)n1COCC[Si](C)(C)C. The van der Waals surface area contributed by atoms with Crippen molar-refractivity contribution < 1.29 is 24.2 Å². The third-order valence-corrected chi connectivity index (χ3v) is 14.4. The molecule has 1 saturated carbocycles. The number of piperidine rings is 1. The van der Waals surface area contributed by atoms with E-state index in [9.17, 15) is 24.3 Å². The second kappa shape index (κ2) is 21.1. The Morgan fingerprint density at radius 1 is 1.02 bits per heavy atom. The van der Waals surface area contributed by atoms with Crippen molar-refractivity contribution in [3.05, 3.63) is 52.8 Å². The first-order valence-corrected chi connectivity index (χ1v) is 26.3. The van der Waals surface area contributed by atoms with Crippen LogP contribution in [0.15, 0.2) is 41.5 Å². The van der Waals surface area contributed by atoms with Crippen molar-refractivity contribution in [1.29, 1.82) is 0 Å². The summed E-state index contributed by atoms with van der Waals surface area (Å²) < 4.78 is 10.3. The number of fused-ring (bicyclic) bond motifs is 1. The minimum absolute atomic E-state index is 0.00247. The number of nitrogens with one attached hydrogen (secondary N) is 1. The highest BCUT2D eigenvalue weighted by atomic mass is 79.9.